The molecule has 0 amide bonds. The third-order valence-electron chi connectivity index (χ3n) is 5.27. The summed E-state index contributed by atoms with van der Waals surface area (Å²) in [5, 5.41) is 3.81. The average Bonchev–Trinajstić information content (AvgIpc) is 3.04. The first kappa shape index (κ1) is 13.9. The molecule has 2 aliphatic heterocycles. The van der Waals surface area contributed by atoms with Crippen LogP contribution in [0.4, 0.5) is 0 Å². The van der Waals surface area contributed by atoms with Crippen LogP contribution in [0.1, 0.15) is 51.2 Å². The number of rotatable bonds is 3. The van der Waals surface area contributed by atoms with Crippen LogP contribution in [0.3, 0.4) is 0 Å². The van der Waals surface area contributed by atoms with E-state index in [4.69, 9.17) is 4.74 Å². The third-order valence-corrected chi connectivity index (χ3v) is 5.27. The van der Waals surface area contributed by atoms with Crippen LogP contribution in [0.2, 0.25) is 0 Å². The van der Waals surface area contributed by atoms with Crippen molar-refractivity contribution in [2.45, 2.75) is 58.4 Å². The Balaban J connectivity index is 1.72. The van der Waals surface area contributed by atoms with E-state index in [2.05, 4.69) is 44.3 Å². The molecule has 1 aromatic rings. The summed E-state index contributed by atoms with van der Waals surface area (Å²) in [5.41, 5.74) is 3.49. The normalized spacial score (nSPS) is 25.6. The minimum absolute atomic E-state index is 0.308. The second kappa shape index (κ2) is 5.07. The van der Waals surface area contributed by atoms with Crippen molar-refractivity contribution < 1.29 is 4.74 Å². The minimum Gasteiger partial charge on any atom is -0.493 e. The lowest BCUT2D eigenvalue weighted by molar-refractivity contribution is 0.148. The second-order valence-electron chi connectivity index (χ2n) is 7.40. The van der Waals surface area contributed by atoms with E-state index in [0.717, 1.165) is 25.2 Å². The number of hydrogen-bond donors (Lipinski definition) is 1. The first-order valence-electron chi connectivity index (χ1n) is 8.00. The SMILES string of the molecule is CC(C)(C)C1(CCc2ccc3c(c2)CCO3)CCCN1. The Morgan fingerprint density at radius 1 is 1.30 bits per heavy atom. The zero-order valence-electron chi connectivity index (χ0n) is 13.1. The molecule has 0 aliphatic carbocycles. The smallest absolute Gasteiger partial charge is 0.122 e. The lowest BCUT2D eigenvalue weighted by atomic mass is 9.69. The highest BCUT2D eigenvalue weighted by atomic mass is 16.5. The van der Waals surface area contributed by atoms with Gasteiger partial charge in [0.05, 0.1) is 6.61 Å². The van der Waals surface area contributed by atoms with E-state index in [1.165, 1.54) is 36.9 Å². The van der Waals surface area contributed by atoms with Crippen molar-refractivity contribution in [2.75, 3.05) is 13.2 Å². The van der Waals surface area contributed by atoms with E-state index >= 15 is 0 Å². The number of hydrogen-bond acceptors (Lipinski definition) is 2. The molecule has 0 bridgehead atoms. The zero-order chi connectivity index (χ0) is 14.2. The molecule has 0 radical (unpaired) electrons. The molecule has 1 atom stereocenters. The van der Waals surface area contributed by atoms with Gasteiger partial charge in [0.2, 0.25) is 0 Å². The highest BCUT2D eigenvalue weighted by Gasteiger charge is 2.43. The van der Waals surface area contributed by atoms with E-state index < -0.39 is 0 Å². The van der Waals surface area contributed by atoms with E-state index in [1.54, 1.807) is 0 Å². The van der Waals surface area contributed by atoms with Crippen LogP contribution >= 0.6 is 0 Å². The van der Waals surface area contributed by atoms with Gasteiger partial charge in [-0.05, 0) is 54.8 Å². The van der Waals surface area contributed by atoms with Crippen LogP contribution in [0.5, 0.6) is 5.75 Å². The Bertz CT molecular complexity index is 481. The fourth-order valence-electron chi connectivity index (χ4n) is 3.79. The number of benzene rings is 1. The van der Waals surface area contributed by atoms with Gasteiger partial charge in [-0.15, -0.1) is 0 Å². The molecule has 2 heterocycles. The molecule has 2 heteroatoms. The Morgan fingerprint density at radius 2 is 2.15 bits per heavy atom. The standard InChI is InChI=1S/C18H27NO/c1-17(2,3)18(9-4-11-19-18)10-7-14-5-6-16-15(13-14)8-12-20-16/h5-6,13,19H,4,7-12H2,1-3H3. The van der Waals surface area contributed by atoms with E-state index in [-0.39, 0.29) is 0 Å². The molecule has 0 saturated carbocycles. The molecule has 1 N–H and O–H groups in total. The van der Waals surface area contributed by atoms with Gasteiger partial charge in [-0.1, -0.05) is 32.9 Å². The van der Waals surface area contributed by atoms with Gasteiger partial charge >= 0.3 is 0 Å². The highest BCUT2D eigenvalue weighted by molar-refractivity contribution is 5.39. The monoisotopic (exact) mass is 273 g/mol. The van der Waals surface area contributed by atoms with Gasteiger partial charge in [-0.3, -0.25) is 0 Å². The van der Waals surface area contributed by atoms with Crippen LogP contribution in [0, 0.1) is 5.41 Å². The fraction of sp³-hybridized carbons (Fsp3) is 0.667. The first-order chi connectivity index (χ1) is 9.50. The molecule has 2 nitrogen and oxygen atoms in total. The molecule has 3 rings (SSSR count). The molecule has 1 unspecified atom stereocenters. The molecule has 0 spiro atoms. The van der Waals surface area contributed by atoms with Gasteiger partial charge in [-0.2, -0.15) is 0 Å². The van der Waals surface area contributed by atoms with Gasteiger partial charge in [0.25, 0.3) is 0 Å². The van der Waals surface area contributed by atoms with Crippen molar-refractivity contribution >= 4 is 0 Å². The van der Waals surface area contributed by atoms with Crippen molar-refractivity contribution in [1.29, 1.82) is 0 Å². The number of ether oxygens (including phenoxy) is 1. The van der Waals surface area contributed by atoms with Crippen LogP contribution in [-0.4, -0.2) is 18.7 Å². The Morgan fingerprint density at radius 3 is 2.85 bits per heavy atom. The summed E-state index contributed by atoms with van der Waals surface area (Å²) in [4.78, 5) is 0. The van der Waals surface area contributed by atoms with Crippen molar-refractivity contribution in [3.63, 3.8) is 0 Å². The Hall–Kier alpha value is -1.02. The lowest BCUT2D eigenvalue weighted by Gasteiger charge is -2.42. The fourth-order valence-corrected chi connectivity index (χ4v) is 3.79. The summed E-state index contributed by atoms with van der Waals surface area (Å²) >= 11 is 0. The predicted molar refractivity (Wildman–Crippen MR) is 83.4 cm³/mol. The van der Waals surface area contributed by atoms with Crippen LogP contribution in [0.15, 0.2) is 18.2 Å². The van der Waals surface area contributed by atoms with Gasteiger partial charge < -0.3 is 10.1 Å². The maximum Gasteiger partial charge on any atom is 0.122 e. The summed E-state index contributed by atoms with van der Waals surface area (Å²) in [7, 11) is 0. The van der Waals surface area contributed by atoms with Crippen LogP contribution in [-0.2, 0) is 12.8 Å². The van der Waals surface area contributed by atoms with Crippen molar-refractivity contribution in [3.05, 3.63) is 29.3 Å². The van der Waals surface area contributed by atoms with E-state index in [9.17, 15) is 0 Å². The van der Waals surface area contributed by atoms with E-state index in [1.807, 2.05) is 0 Å². The molecule has 1 aromatic carbocycles. The largest absolute Gasteiger partial charge is 0.493 e. The molecule has 0 aromatic heterocycles. The molecule has 1 saturated heterocycles. The second-order valence-corrected chi connectivity index (χ2v) is 7.40. The minimum atomic E-state index is 0.308. The zero-order valence-corrected chi connectivity index (χ0v) is 13.1. The molecular weight excluding hydrogens is 246 g/mol. The van der Waals surface area contributed by atoms with Gasteiger partial charge in [0.15, 0.2) is 0 Å². The number of fused-ring (bicyclic) bond motifs is 1. The van der Waals surface area contributed by atoms with Gasteiger partial charge in [-0.25, -0.2) is 0 Å². The maximum absolute atomic E-state index is 5.59. The Kier molecular flexibility index (Phi) is 3.53. The quantitative estimate of drug-likeness (QED) is 0.906. The van der Waals surface area contributed by atoms with Gasteiger partial charge in [0, 0.05) is 12.0 Å². The predicted octanol–water partition coefficient (Wildman–Crippen LogP) is 3.72. The summed E-state index contributed by atoms with van der Waals surface area (Å²) < 4.78 is 5.59. The maximum atomic E-state index is 5.59. The van der Waals surface area contributed by atoms with Crippen molar-refractivity contribution in [2.24, 2.45) is 5.41 Å². The van der Waals surface area contributed by atoms with Crippen molar-refractivity contribution in [3.8, 4) is 5.75 Å². The van der Waals surface area contributed by atoms with Crippen LogP contribution < -0.4 is 10.1 Å². The molecule has 20 heavy (non-hydrogen) atoms. The van der Waals surface area contributed by atoms with Crippen molar-refractivity contribution in [1.82, 2.24) is 5.32 Å². The summed E-state index contributed by atoms with van der Waals surface area (Å²) in [6, 6.07) is 6.76. The highest BCUT2D eigenvalue weighted by Crippen LogP contribution is 2.41. The molecule has 110 valence electrons. The number of nitrogens with one attached hydrogen (secondary N) is 1. The summed E-state index contributed by atoms with van der Waals surface area (Å²) in [6.07, 6.45) is 6.10. The molecule has 1 fully saturated rings. The summed E-state index contributed by atoms with van der Waals surface area (Å²) in [5.74, 6) is 1.10. The first-order valence-corrected chi connectivity index (χ1v) is 8.00. The van der Waals surface area contributed by atoms with Gasteiger partial charge in [0.1, 0.15) is 5.75 Å². The average molecular weight is 273 g/mol. The molecular formula is C18H27NO. The summed E-state index contributed by atoms with van der Waals surface area (Å²) in [6.45, 7) is 9.16. The van der Waals surface area contributed by atoms with E-state index in [0.29, 0.717) is 11.0 Å². The topological polar surface area (TPSA) is 21.3 Å². The Labute approximate surface area is 122 Å². The third kappa shape index (κ3) is 2.46. The lowest BCUT2D eigenvalue weighted by Crippen LogP contribution is -2.51. The van der Waals surface area contributed by atoms with Crippen LogP contribution in [0.25, 0.3) is 0 Å². The number of aryl methyl sites for hydroxylation is 1. The molecule has 2 aliphatic rings.